The van der Waals surface area contributed by atoms with Crippen LogP contribution < -0.4 is 10.6 Å². The zero-order chi connectivity index (χ0) is 14.1. The minimum absolute atomic E-state index is 0.0624. The summed E-state index contributed by atoms with van der Waals surface area (Å²) >= 11 is 0. The van der Waals surface area contributed by atoms with Crippen LogP contribution in [-0.2, 0) is 11.3 Å². The lowest BCUT2D eigenvalue weighted by Gasteiger charge is -2.10. The van der Waals surface area contributed by atoms with Crippen LogP contribution in [0.1, 0.15) is 17.5 Å². The molecule has 1 rings (SSSR count). The van der Waals surface area contributed by atoms with E-state index >= 15 is 0 Å². The van der Waals surface area contributed by atoms with E-state index in [2.05, 4.69) is 34.6 Å². The molecule has 0 aliphatic rings. The van der Waals surface area contributed by atoms with Crippen LogP contribution in [0, 0.1) is 6.92 Å². The highest BCUT2D eigenvalue weighted by molar-refractivity contribution is 5.77. The fraction of sp³-hybridized carbons (Fsp3) is 0.533. The molecule has 0 heterocycles. The highest BCUT2D eigenvalue weighted by Gasteiger charge is 2.01. The van der Waals surface area contributed by atoms with Crippen molar-refractivity contribution in [3.63, 3.8) is 0 Å². The van der Waals surface area contributed by atoms with E-state index in [1.54, 1.807) is 0 Å². The van der Waals surface area contributed by atoms with E-state index in [9.17, 15) is 4.79 Å². The van der Waals surface area contributed by atoms with Crippen LogP contribution in [0.2, 0.25) is 0 Å². The molecular weight excluding hydrogens is 238 g/mol. The minimum Gasteiger partial charge on any atom is -0.355 e. The summed E-state index contributed by atoms with van der Waals surface area (Å²) in [7, 11) is 4.07. The van der Waals surface area contributed by atoms with Gasteiger partial charge in [-0.3, -0.25) is 4.79 Å². The molecule has 1 amide bonds. The molecule has 2 N–H and O–H groups in total. The van der Waals surface area contributed by atoms with Crippen LogP contribution in [0.4, 0.5) is 0 Å². The summed E-state index contributed by atoms with van der Waals surface area (Å²) in [5.74, 6) is 0.0624. The summed E-state index contributed by atoms with van der Waals surface area (Å²) in [6.45, 7) is 4.92. The van der Waals surface area contributed by atoms with Gasteiger partial charge in [0.05, 0.1) is 6.54 Å². The molecule has 4 heteroatoms. The van der Waals surface area contributed by atoms with E-state index < -0.39 is 0 Å². The van der Waals surface area contributed by atoms with E-state index in [4.69, 9.17) is 0 Å². The van der Waals surface area contributed by atoms with Crippen molar-refractivity contribution in [3.8, 4) is 0 Å². The lowest BCUT2D eigenvalue weighted by atomic mass is 10.1. The summed E-state index contributed by atoms with van der Waals surface area (Å²) in [6.07, 6.45) is 0.983. The Hall–Kier alpha value is -1.39. The molecule has 0 saturated heterocycles. The summed E-state index contributed by atoms with van der Waals surface area (Å²) < 4.78 is 0. The predicted molar refractivity (Wildman–Crippen MR) is 79.1 cm³/mol. The topological polar surface area (TPSA) is 44.4 Å². The zero-order valence-electron chi connectivity index (χ0n) is 12.2. The Morgan fingerprint density at radius 2 is 2.00 bits per heavy atom. The first-order valence-corrected chi connectivity index (χ1v) is 6.76. The second kappa shape index (κ2) is 8.67. The van der Waals surface area contributed by atoms with Crippen molar-refractivity contribution < 1.29 is 4.79 Å². The first-order chi connectivity index (χ1) is 9.09. The molecule has 4 nitrogen and oxygen atoms in total. The number of amides is 1. The molecule has 19 heavy (non-hydrogen) atoms. The van der Waals surface area contributed by atoms with Crippen LogP contribution >= 0.6 is 0 Å². The smallest absolute Gasteiger partial charge is 0.233 e. The summed E-state index contributed by atoms with van der Waals surface area (Å²) in [4.78, 5) is 13.7. The second-order valence-electron chi connectivity index (χ2n) is 5.04. The first-order valence-electron chi connectivity index (χ1n) is 6.76. The number of aryl methyl sites for hydroxylation is 1. The van der Waals surface area contributed by atoms with E-state index in [0.717, 1.165) is 26.1 Å². The predicted octanol–water partition coefficient (Wildman–Crippen LogP) is 1.15. The number of nitrogens with one attached hydrogen (secondary N) is 2. The van der Waals surface area contributed by atoms with Gasteiger partial charge in [0.2, 0.25) is 5.91 Å². The van der Waals surface area contributed by atoms with Crippen molar-refractivity contribution in [2.45, 2.75) is 19.9 Å². The molecule has 0 fully saturated rings. The van der Waals surface area contributed by atoms with Gasteiger partial charge in [-0.05, 0) is 45.1 Å². The molecule has 0 aliphatic carbocycles. The lowest BCUT2D eigenvalue weighted by molar-refractivity contribution is -0.120. The quantitative estimate of drug-likeness (QED) is 0.692. The van der Waals surface area contributed by atoms with Crippen molar-refractivity contribution in [2.24, 2.45) is 0 Å². The maximum atomic E-state index is 11.6. The third-order valence-electron chi connectivity index (χ3n) is 2.97. The maximum absolute atomic E-state index is 11.6. The van der Waals surface area contributed by atoms with E-state index in [0.29, 0.717) is 6.54 Å². The number of carbonyl (C=O) groups excluding carboxylic acids is 1. The fourth-order valence-corrected chi connectivity index (χ4v) is 1.80. The van der Waals surface area contributed by atoms with E-state index in [1.165, 1.54) is 11.1 Å². The summed E-state index contributed by atoms with van der Waals surface area (Å²) in [5, 5.41) is 6.08. The van der Waals surface area contributed by atoms with Gasteiger partial charge in [-0.2, -0.15) is 0 Å². The van der Waals surface area contributed by atoms with Crippen LogP contribution in [0.3, 0.4) is 0 Å². The SMILES string of the molecule is Cc1ccccc1CNCC(=O)NCCCN(C)C. The average Bonchev–Trinajstić information content (AvgIpc) is 2.37. The molecular formula is C15H25N3O. The van der Waals surface area contributed by atoms with Crippen LogP contribution in [0.25, 0.3) is 0 Å². The van der Waals surface area contributed by atoms with Crippen LogP contribution in [-0.4, -0.2) is 44.5 Å². The van der Waals surface area contributed by atoms with Gasteiger partial charge in [0, 0.05) is 13.1 Å². The van der Waals surface area contributed by atoms with Crippen molar-refractivity contribution in [1.29, 1.82) is 0 Å². The Labute approximate surface area is 116 Å². The normalized spacial score (nSPS) is 10.7. The number of carbonyl (C=O) groups is 1. The molecule has 0 spiro atoms. The number of benzene rings is 1. The Kier molecular flexibility index (Phi) is 7.15. The lowest BCUT2D eigenvalue weighted by Crippen LogP contribution is -2.35. The van der Waals surface area contributed by atoms with E-state index in [1.807, 2.05) is 26.2 Å². The van der Waals surface area contributed by atoms with Gasteiger partial charge in [0.25, 0.3) is 0 Å². The maximum Gasteiger partial charge on any atom is 0.233 e. The van der Waals surface area contributed by atoms with Gasteiger partial charge in [-0.25, -0.2) is 0 Å². The van der Waals surface area contributed by atoms with Gasteiger partial charge in [-0.15, -0.1) is 0 Å². The third kappa shape index (κ3) is 6.94. The molecule has 106 valence electrons. The van der Waals surface area contributed by atoms with E-state index in [-0.39, 0.29) is 5.91 Å². The molecule has 0 saturated carbocycles. The second-order valence-corrected chi connectivity index (χ2v) is 5.04. The van der Waals surface area contributed by atoms with Crippen molar-refractivity contribution in [2.75, 3.05) is 33.7 Å². The highest BCUT2D eigenvalue weighted by atomic mass is 16.1. The summed E-state index contributed by atoms with van der Waals surface area (Å²) in [6, 6.07) is 8.21. The monoisotopic (exact) mass is 263 g/mol. The molecule has 0 aliphatic heterocycles. The number of hydrogen-bond acceptors (Lipinski definition) is 3. The molecule has 0 aromatic heterocycles. The van der Waals surface area contributed by atoms with Gasteiger partial charge < -0.3 is 15.5 Å². The van der Waals surface area contributed by atoms with Crippen molar-refractivity contribution in [1.82, 2.24) is 15.5 Å². The Morgan fingerprint density at radius 3 is 2.68 bits per heavy atom. The highest BCUT2D eigenvalue weighted by Crippen LogP contribution is 2.05. The van der Waals surface area contributed by atoms with Crippen LogP contribution in [0.5, 0.6) is 0 Å². The number of nitrogens with zero attached hydrogens (tertiary/aromatic N) is 1. The van der Waals surface area contributed by atoms with Crippen molar-refractivity contribution >= 4 is 5.91 Å². The van der Waals surface area contributed by atoms with Crippen LogP contribution in [0.15, 0.2) is 24.3 Å². The Balaban J connectivity index is 2.12. The van der Waals surface area contributed by atoms with Gasteiger partial charge in [-0.1, -0.05) is 24.3 Å². The number of rotatable bonds is 8. The third-order valence-corrected chi connectivity index (χ3v) is 2.97. The molecule has 0 radical (unpaired) electrons. The van der Waals surface area contributed by atoms with Gasteiger partial charge in [0.15, 0.2) is 0 Å². The first kappa shape index (κ1) is 15.7. The molecule has 0 unspecified atom stereocenters. The number of hydrogen-bond donors (Lipinski definition) is 2. The molecule has 1 aromatic carbocycles. The fourth-order valence-electron chi connectivity index (χ4n) is 1.80. The minimum atomic E-state index is 0.0624. The largest absolute Gasteiger partial charge is 0.355 e. The average molecular weight is 263 g/mol. The zero-order valence-corrected chi connectivity index (χ0v) is 12.2. The summed E-state index contributed by atoms with van der Waals surface area (Å²) in [5.41, 5.74) is 2.49. The standard InChI is InChI=1S/C15H25N3O/c1-13-7-4-5-8-14(13)11-16-12-15(19)17-9-6-10-18(2)3/h4-5,7-8,16H,6,9-12H2,1-3H3,(H,17,19). The Morgan fingerprint density at radius 1 is 1.26 bits per heavy atom. The van der Waals surface area contributed by atoms with Gasteiger partial charge in [0.1, 0.15) is 0 Å². The molecule has 0 bridgehead atoms. The Bertz CT molecular complexity index is 391. The van der Waals surface area contributed by atoms with Gasteiger partial charge >= 0.3 is 0 Å². The molecule has 0 atom stereocenters. The van der Waals surface area contributed by atoms with Crippen molar-refractivity contribution in [3.05, 3.63) is 35.4 Å². The molecule has 1 aromatic rings.